The number of hydrogen-bond donors (Lipinski definition) is 1. The molecule has 0 aliphatic heterocycles. The van der Waals surface area contributed by atoms with E-state index in [0.29, 0.717) is 11.8 Å². The molecule has 0 amide bonds. The second-order valence-corrected chi connectivity index (χ2v) is 5.25. The van der Waals surface area contributed by atoms with Crippen molar-refractivity contribution in [1.29, 1.82) is 0 Å². The van der Waals surface area contributed by atoms with Gasteiger partial charge in [0.05, 0.1) is 14.2 Å². The molecule has 3 heteroatoms. The minimum atomic E-state index is 0.258. The lowest BCUT2D eigenvalue weighted by Gasteiger charge is -2.11. The monoisotopic (exact) mass is 235 g/mol. The van der Waals surface area contributed by atoms with Crippen molar-refractivity contribution in [3.8, 4) is 11.5 Å². The van der Waals surface area contributed by atoms with Crippen molar-refractivity contribution < 1.29 is 9.47 Å². The highest BCUT2D eigenvalue weighted by Crippen LogP contribution is 2.65. The Hall–Kier alpha value is -1.22. The molecule has 2 rings (SSSR count). The molecule has 3 nitrogen and oxygen atoms in total. The van der Waals surface area contributed by atoms with E-state index in [1.165, 1.54) is 5.56 Å². The van der Waals surface area contributed by atoms with E-state index in [1.807, 2.05) is 12.1 Å². The Bertz CT molecular complexity index is 415. The zero-order valence-corrected chi connectivity index (χ0v) is 11.0. The van der Waals surface area contributed by atoms with Crippen LogP contribution in [-0.2, 0) is 0 Å². The second-order valence-electron chi connectivity index (χ2n) is 5.25. The zero-order chi connectivity index (χ0) is 12.6. The van der Waals surface area contributed by atoms with Crippen molar-refractivity contribution in [3.63, 3.8) is 0 Å². The number of hydrogen-bond acceptors (Lipinski definition) is 3. The average Bonchev–Trinajstić information content (AvgIpc) is 2.89. The molecule has 2 atom stereocenters. The van der Waals surface area contributed by atoms with Gasteiger partial charge in [0.1, 0.15) is 11.5 Å². The summed E-state index contributed by atoms with van der Waals surface area (Å²) in [6, 6.07) is 5.96. The van der Waals surface area contributed by atoms with E-state index >= 15 is 0 Å². The van der Waals surface area contributed by atoms with E-state index in [2.05, 4.69) is 19.9 Å². The number of nitrogens with two attached hydrogens (primary N) is 1. The molecular formula is C14H21NO2. The van der Waals surface area contributed by atoms with Gasteiger partial charge in [0.2, 0.25) is 0 Å². The molecule has 94 valence electrons. The van der Waals surface area contributed by atoms with E-state index in [-0.39, 0.29) is 5.41 Å². The lowest BCUT2D eigenvalue weighted by Crippen LogP contribution is -2.05. The van der Waals surface area contributed by atoms with E-state index < -0.39 is 0 Å². The first-order valence-corrected chi connectivity index (χ1v) is 5.98. The summed E-state index contributed by atoms with van der Waals surface area (Å²) in [7, 11) is 3.39. The summed E-state index contributed by atoms with van der Waals surface area (Å²) < 4.78 is 10.7. The largest absolute Gasteiger partial charge is 0.497 e. The van der Waals surface area contributed by atoms with E-state index in [0.717, 1.165) is 18.0 Å². The molecule has 1 aliphatic carbocycles. The number of ether oxygens (including phenoxy) is 2. The highest BCUT2D eigenvalue weighted by Gasteiger charge is 2.58. The van der Waals surface area contributed by atoms with Gasteiger partial charge < -0.3 is 15.2 Å². The first kappa shape index (κ1) is 12.2. The van der Waals surface area contributed by atoms with Gasteiger partial charge in [-0.05, 0) is 42.0 Å². The Balaban J connectivity index is 2.38. The van der Waals surface area contributed by atoms with Gasteiger partial charge in [0.25, 0.3) is 0 Å². The fourth-order valence-electron chi connectivity index (χ4n) is 2.88. The molecule has 0 radical (unpaired) electrons. The maximum absolute atomic E-state index is 5.83. The molecule has 1 aromatic rings. The van der Waals surface area contributed by atoms with Crippen LogP contribution in [0.1, 0.15) is 25.3 Å². The third-order valence-corrected chi connectivity index (χ3v) is 4.08. The predicted molar refractivity (Wildman–Crippen MR) is 68.6 cm³/mol. The molecular weight excluding hydrogens is 214 g/mol. The van der Waals surface area contributed by atoms with Gasteiger partial charge in [0, 0.05) is 5.56 Å². The smallest absolute Gasteiger partial charge is 0.122 e. The van der Waals surface area contributed by atoms with Gasteiger partial charge in [-0.25, -0.2) is 0 Å². The Morgan fingerprint density at radius 2 is 1.94 bits per heavy atom. The summed E-state index contributed by atoms with van der Waals surface area (Å²) in [5, 5.41) is 0. The maximum Gasteiger partial charge on any atom is 0.122 e. The Morgan fingerprint density at radius 3 is 2.41 bits per heavy atom. The molecule has 0 heterocycles. The van der Waals surface area contributed by atoms with Crippen molar-refractivity contribution in [2.75, 3.05) is 20.8 Å². The van der Waals surface area contributed by atoms with Gasteiger partial charge >= 0.3 is 0 Å². The fourth-order valence-corrected chi connectivity index (χ4v) is 2.88. The van der Waals surface area contributed by atoms with Gasteiger partial charge in [0.15, 0.2) is 0 Å². The lowest BCUT2D eigenvalue weighted by molar-refractivity contribution is 0.397. The van der Waals surface area contributed by atoms with Crippen LogP contribution in [0.2, 0.25) is 0 Å². The van der Waals surface area contributed by atoms with Gasteiger partial charge in [-0.1, -0.05) is 13.8 Å². The quantitative estimate of drug-likeness (QED) is 0.871. The number of rotatable bonds is 4. The molecule has 0 spiro atoms. The maximum atomic E-state index is 5.83. The molecule has 17 heavy (non-hydrogen) atoms. The molecule has 1 fully saturated rings. The summed E-state index contributed by atoms with van der Waals surface area (Å²) in [5.41, 5.74) is 7.30. The third-order valence-electron chi connectivity index (χ3n) is 4.08. The predicted octanol–water partition coefficient (Wildman–Crippen LogP) is 2.40. The summed E-state index contributed by atoms with van der Waals surface area (Å²) in [4.78, 5) is 0. The van der Waals surface area contributed by atoms with Crippen LogP contribution in [0.25, 0.3) is 0 Å². The Labute approximate surface area is 103 Å². The minimum absolute atomic E-state index is 0.258. The topological polar surface area (TPSA) is 44.5 Å². The average molecular weight is 235 g/mol. The SMILES string of the molecule is COc1ccc(OC)c([C@@H]2[C@@H](CN)C2(C)C)c1. The van der Waals surface area contributed by atoms with Crippen LogP contribution in [0.5, 0.6) is 11.5 Å². The number of benzene rings is 1. The summed E-state index contributed by atoms with van der Waals surface area (Å²) in [5.74, 6) is 2.81. The minimum Gasteiger partial charge on any atom is -0.497 e. The summed E-state index contributed by atoms with van der Waals surface area (Å²) >= 11 is 0. The van der Waals surface area contributed by atoms with Crippen LogP contribution in [0, 0.1) is 11.3 Å². The van der Waals surface area contributed by atoms with Crippen LogP contribution in [-0.4, -0.2) is 20.8 Å². The molecule has 0 saturated heterocycles. The normalized spacial score (nSPS) is 25.5. The molecule has 1 aromatic carbocycles. The summed E-state index contributed by atoms with van der Waals surface area (Å²) in [6.45, 7) is 5.24. The van der Waals surface area contributed by atoms with Crippen molar-refractivity contribution in [1.82, 2.24) is 0 Å². The van der Waals surface area contributed by atoms with Gasteiger partial charge in [-0.2, -0.15) is 0 Å². The van der Waals surface area contributed by atoms with E-state index in [4.69, 9.17) is 15.2 Å². The second kappa shape index (κ2) is 4.22. The van der Waals surface area contributed by atoms with Crippen molar-refractivity contribution in [2.24, 2.45) is 17.1 Å². The van der Waals surface area contributed by atoms with Crippen LogP contribution in [0.4, 0.5) is 0 Å². The number of methoxy groups -OCH3 is 2. The van der Waals surface area contributed by atoms with Gasteiger partial charge in [-0.15, -0.1) is 0 Å². The van der Waals surface area contributed by atoms with Gasteiger partial charge in [-0.3, -0.25) is 0 Å². The molecule has 1 aliphatic rings. The zero-order valence-electron chi connectivity index (χ0n) is 11.0. The summed E-state index contributed by atoms with van der Waals surface area (Å²) in [6.07, 6.45) is 0. The molecule has 0 bridgehead atoms. The third kappa shape index (κ3) is 1.89. The van der Waals surface area contributed by atoms with Crippen LogP contribution < -0.4 is 15.2 Å². The van der Waals surface area contributed by atoms with Crippen LogP contribution in [0.3, 0.4) is 0 Å². The van der Waals surface area contributed by atoms with Crippen molar-refractivity contribution in [3.05, 3.63) is 23.8 Å². The fraction of sp³-hybridized carbons (Fsp3) is 0.571. The molecule has 2 N–H and O–H groups in total. The highest BCUT2D eigenvalue weighted by atomic mass is 16.5. The Morgan fingerprint density at radius 1 is 1.24 bits per heavy atom. The molecule has 1 saturated carbocycles. The molecule has 0 unspecified atom stereocenters. The molecule has 0 aromatic heterocycles. The van der Waals surface area contributed by atoms with Crippen LogP contribution >= 0.6 is 0 Å². The first-order valence-electron chi connectivity index (χ1n) is 5.98. The van der Waals surface area contributed by atoms with Crippen molar-refractivity contribution in [2.45, 2.75) is 19.8 Å². The van der Waals surface area contributed by atoms with Crippen LogP contribution in [0.15, 0.2) is 18.2 Å². The standard InChI is InChI=1S/C14H21NO2/c1-14(2)11(8-15)13(14)10-7-9(16-3)5-6-12(10)17-4/h5-7,11,13H,8,15H2,1-4H3/t11-,13-/m1/s1. The Kier molecular flexibility index (Phi) is 3.04. The first-order chi connectivity index (χ1) is 8.06. The van der Waals surface area contributed by atoms with Crippen molar-refractivity contribution >= 4 is 0 Å². The van der Waals surface area contributed by atoms with E-state index in [1.54, 1.807) is 14.2 Å². The van der Waals surface area contributed by atoms with E-state index in [9.17, 15) is 0 Å². The lowest BCUT2D eigenvalue weighted by atomic mass is 10.0. The highest BCUT2D eigenvalue weighted by molar-refractivity contribution is 5.47.